The van der Waals surface area contributed by atoms with E-state index in [0.29, 0.717) is 23.7 Å². The van der Waals surface area contributed by atoms with Crippen molar-refractivity contribution in [2.45, 2.75) is 23.8 Å². The average Bonchev–Trinajstić information content (AvgIpc) is 3.03. The Morgan fingerprint density at radius 3 is 2.82 bits per heavy atom. The molecular formula is C12H12FNO2S. The lowest BCUT2D eigenvalue weighted by Gasteiger charge is -2.05. The highest BCUT2D eigenvalue weighted by Crippen LogP contribution is 2.35. The van der Waals surface area contributed by atoms with Crippen molar-refractivity contribution in [3.63, 3.8) is 0 Å². The zero-order valence-corrected chi connectivity index (χ0v) is 9.93. The maximum atomic E-state index is 13.5. The average molecular weight is 253 g/mol. The summed E-state index contributed by atoms with van der Waals surface area (Å²) >= 11 is 0. The molecule has 3 nitrogen and oxygen atoms in total. The number of sulfone groups is 1. The number of benzene rings is 1. The molecule has 1 aliphatic carbocycles. The van der Waals surface area contributed by atoms with E-state index in [1.807, 2.05) is 0 Å². The van der Waals surface area contributed by atoms with Crippen molar-refractivity contribution in [2.24, 2.45) is 0 Å². The molecule has 1 aromatic rings. The molecule has 90 valence electrons. The molecule has 0 saturated heterocycles. The molecule has 1 aliphatic heterocycles. The first-order chi connectivity index (χ1) is 8.08. The third kappa shape index (κ3) is 1.89. The number of hydrogen-bond acceptors (Lipinski definition) is 3. The zero-order valence-electron chi connectivity index (χ0n) is 9.11. The molecule has 3 rings (SSSR count). The van der Waals surface area contributed by atoms with E-state index >= 15 is 0 Å². The van der Waals surface area contributed by atoms with Crippen LogP contribution in [0.25, 0.3) is 5.57 Å². The second-order valence-corrected chi connectivity index (χ2v) is 6.19. The van der Waals surface area contributed by atoms with Crippen LogP contribution in [-0.4, -0.2) is 21.0 Å². The third-order valence-electron chi connectivity index (χ3n) is 3.05. The zero-order chi connectivity index (χ0) is 12.0. The number of nitrogens with one attached hydrogen (secondary N) is 1. The molecule has 1 saturated carbocycles. The molecule has 1 aromatic carbocycles. The van der Waals surface area contributed by atoms with Crippen LogP contribution in [0.3, 0.4) is 0 Å². The van der Waals surface area contributed by atoms with Gasteiger partial charge in [0.15, 0.2) is 0 Å². The minimum Gasteiger partial charge on any atom is -0.310 e. The Bertz CT molecular complexity index is 603. The maximum Gasteiger partial charge on any atom is 0.203 e. The molecule has 0 amide bonds. The molecular weight excluding hydrogens is 241 g/mol. The van der Waals surface area contributed by atoms with Crippen LogP contribution in [0.5, 0.6) is 0 Å². The van der Waals surface area contributed by atoms with Crippen LogP contribution < -0.4 is 5.32 Å². The minimum atomic E-state index is -3.59. The molecule has 1 fully saturated rings. The van der Waals surface area contributed by atoms with Gasteiger partial charge in [-0.25, -0.2) is 12.8 Å². The molecule has 1 heterocycles. The van der Waals surface area contributed by atoms with Gasteiger partial charge in [0, 0.05) is 23.6 Å². The number of rotatable bonds is 3. The fraction of sp³-hybridized carbons (Fsp3) is 0.333. The summed E-state index contributed by atoms with van der Waals surface area (Å²) in [6.45, 7) is 0.486. The molecule has 0 aromatic heterocycles. The van der Waals surface area contributed by atoms with E-state index in [9.17, 15) is 12.8 Å². The van der Waals surface area contributed by atoms with E-state index in [2.05, 4.69) is 5.32 Å². The minimum absolute atomic E-state index is 0.174. The van der Waals surface area contributed by atoms with Gasteiger partial charge in [-0.15, -0.1) is 0 Å². The lowest BCUT2D eigenvalue weighted by molar-refractivity contribution is 0.573. The van der Waals surface area contributed by atoms with Crippen LogP contribution in [0, 0.1) is 5.82 Å². The fourth-order valence-electron chi connectivity index (χ4n) is 2.04. The van der Waals surface area contributed by atoms with Crippen molar-refractivity contribution in [2.75, 3.05) is 6.54 Å². The monoisotopic (exact) mass is 253 g/mol. The third-order valence-corrected chi connectivity index (χ3v) is 4.63. The van der Waals surface area contributed by atoms with Crippen molar-refractivity contribution in [3.8, 4) is 0 Å². The van der Waals surface area contributed by atoms with Crippen molar-refractivity contribution < 1.29 is 12.8 Å². The molecule has 1 N–H and O–H groups in total. The van der Waals surface area contributed by atoms with Crippen LogP contribution >= 0.6 is 0 Å². The van der Waals surface area contributed by atoms with Gasteiger partial charge < -0.3 is 5.32 Å². The molecule has 5 heteroatoms. The van der Waals surface area contributed by atoms with Crippen LogP contribution in [0.15, 0.2) is 28.5 Å². The fourth-order valence-corrected chi connectivity index (χ4v) is 3.59. The summed E-state index contributed by atoms with van der Waals surface area (Å²) in [5.41, 5.74) is 1.16. The van der Waals surface area contributed by atoms with Gasteiger partial charge >= 0.3 is 0 Å². The van der Waals surface area contributed by atoms with E-state index in [1.165, 1.54) is 11.5 Å². The predicted octanol–water partition coefficient (Wildman–Crippen LogP) is 1.71. The first-order valence-electron chi connectivity index (χ1n) is 5.56. The van der Waals surface area contributed by atoms with Crippen LogP contribution in [-0.2, 0) is 9.84 Å². The van der Waals surface area contributed by atoms with E-state index in [-0.39, 0.29) is 4.90 Å². The molecule has 0 radical (unpaired) electrons. The van der Waals surface area contributed by atoms with Crippen molar-refractivity contribution in [3.05, 3.63) is 35.0 Å². The predicted molar refractivity (Wildman–Crippen MR) is 62.6 cm³/mol. The summed E-state index contributed by atoms with van der Waals surface area (Å²) in [5, 5.41) is 4.42. The van der Waals surface area contributed by atoms with Gasteiger partial charge in [0.1, 0.15) is 10.7 Å². The van der Waals surface area contributed by atoms with Gasteiger partial charge in [0.2, 0.25) is 9.84 Å². The molecule has 0 atom stereocenters. The van der Waals surface area contributed by atoms with E-state index in [4.69, 9.17) is 0 Å². The lowest BCUT2D eigenvalue weighted by Crippen LogP contribution is -2.18. The smallest absolute Gasteiger partial charge is 0.203 e. The van der Waals surface area contributed by atoms with Gasteiger partial charge in [-0.2, -0.15) is 0 Å². The molecule has 17 heavy (non-hydrogen) atoms. The molecule has 0 spiro atoms. The number of fused-ring (bicyclic) bond motifs is 1. The largest absolute Gasteiger partial charge is 0.310 e. The Balaban J connectivity index is 1.99. The van der Waals surface area contributed by atoms with Crippen LogP contribution in [0.1, 0.15) is 18.4 Å². The molecule has 2 aliphatic rings. The van der Waals surface area contributed by atoms with Gasteiger partial charge in [-0.1, -0.05) is 12.1 Å². The highest BCUT2D eigenvalue weighted by molar-refractivity contribution is 7.95. The topological polar surface area (TPSA) is 46.2 Å². The Morgan fingerprint density at radius 1 is 1.35 bits per heavy atom. The number of hydrogen-bond donors (Lipinski definition) is 1. The van der Waals surface area contributed by atoms with Crippen LogP contribution in [0.4, 0.5) is 4.39 Å². The maximum absolute atomic E-state index is 13.5. The number of halogens is 1. The van der Waals surface area contributed by atoms with Gasteiger partial charge in [0.05, 0.1) is 0 Å². The summed E-state index contributed by atoms with van der Waals surface area (Å²) in [6, 6.07) is 4.88. The normalized spacial score (nSPS) is 21.1. The summed E-state index contributed by atoms with van der Waals surface area (Å²) in [6.07, 6.45) is 2.27. The van der Waals surface area contributed by atoms with Crippen LogP contribution in [0.2, 0.25) is 0 Å². The summed E-state index contributed by atoms with van der Waals surface area (Å²) in [5.74, 6) is -0.667. The van der Waals surface area contributed by atoms with Crippen molar-refractivity contribution in [1.29, 1.82) is 0 Å². The highest BCUT2D eigenvalue weighted by atomic mass is 32.2. The second-order valence-electron chi connectivity index (χ2n) is 4.46. The standard InChI is InChI=1S/C12H12FNO2S/c13-11-3-1-2-10-8(6-14-9-4-5-9)7-17(15,16)12(10)11/h1-3,7,9,14H,4-6H2. The van der Waals surface area contributed by atoms with Gasteiger partial charge in [-0.3, -0.25) is 0 Å². The first kappa shape index (κ1) is 10.9. The molecule has 0 bridgehead atoms. The first-order valence-corrected chi connectivity index (χ1v) is 7.10. The lowest BCUT2D eigenvalue weighted by atomic mass is 10.1. The Morgan fingerprint density at radius 2 is 2.12 bits per heavy atom. The summed E-state index contributed by atoms with van der Waals surface area (Å²) in [7, 11) is -3.59. The highest BCUT2D eigenvalue weighted by Gasteiger charge is 2.31. The van der Waals surface area contributed by atoms with E-state index in [1.54, 1.807) is 12.1 Å². The van der Waals surface area contributed by atoms with Gasteiger partial charge in [-0.05, 0) is 24.5 Å². The quantitative estimate of drug-likeness (QED) is 0.892. The SMILES string of the molecule is O=S1(=O)C=C(CNC2CC2)c2cccc(F)c21. The Kier molecular flexibility index (Phi) is 2.34. The Labute approximate surface area is 99.3 Å². The van der Waals surface area contributed by atoms with Crippen molar-refractivity contribution in [1.82, 2.24) is 5.32 Å². The second kappa shape index (κ2) is 3.65. The van der Waals surface area contributed by atoms with E-state index in [0.717, 1.165) is 12.8 Å². The van der Waals surface area contributed by atoms with Crippen molar-refractivity contribution >= 4 is 15.4 Å². The van der Waals surface area contributed by atoms with Gasteiger partial charge in [0.25, 0.3) is 0 Å². The Hall–Kier alpha value is -1.20. The summed E-state index contributed by atoms with van der Waals surface area (Å²) in [4.78, 5) is -0.174. The molecule has 0 unspecified atom stereocenters. The van der Waals surface area contributed by atoms with E-state index < -0.39 is 15.7 Å². The summed E-state index contributed by atoms with van der Waals surface area (Å²) < 4.78 is 37.1.